The van der Waals surface area contributed by atoms with Gasteiger partial charge in [0.05, 0.1) is 6.20 Å². The van der Waals surface area contributed by atoms with Gasteiger partial charge < -0.3 is 5.32 Å². The number of aromatic nitrogens is 2. The van der Waals surface area contributed by atoms with E-state index in [0.29, 0.717) is 0 Å². The van der Waals surface area contributed by atoms with Gasteiger partial charge in [-0.15, -0.1) is 0 Å². The molecule has 1 aliphatic rings. The first kappa shape index (κ1) is 14.7. The number of aryl methyl sites for hydroxylation is 1. The molecule has 0 unspecified atom stereocenters. The van der Waals surface area contributed by atoms with Crippen molar-refractivity contribution in [1.82, 2.24) is 15.1 Å². The lowest BCUT2D eigenvalue weighted by Gasteiger charge is -2.17. The van der Waals surface area contributed by atoms with E-state index in [1.165, 1.54) is 5.56 Å². The molecule has 0 radical (unpaired) electrons. The topological polar surface area (TPSA) is 42.2 Å². The van der Waals surface area contributed by atoms with E-state index in [2.05, 4.69) is 46.3 Å². The molecule has 1 aromatic heterocycles. The summed E-state index contributed by atoms with van der Waals surface area (Å²) in [7, 11) is 1.92. The van der Waals surface area contributed by atoms with Crippen LogP contribution in [0.4, 0.5) is 0 Å². The van der Waals surface area contributed by atoms with Gasteiger partial charge in [-0.05, 0) is 16.7 Å². The van der Waals surface area contributed by atoms with Gasteiger partial charge in [-0.2, -0.15) is 5.10 Å². The first-order valence-electron chi connectivity index (χ1n) is 7.08. The van der Waals surface area contributed by atoms with E-state index >= 15 is 0 Å². The molecule has 0 atom stereocenters. The van der Waals surface area contributed by atoms with E-state index in [4.69, 9.17) is 0 Å². The molecule has 2 heterocycles. The van der Waals surface area contributed by atoms with Gasteiger partial charge in [-0.25, -0.2) is 4.99 Å². The van der Waals surface area contributed by atoms with Crippen molar-refractivity contribution in [2.45, 2.75) is 12.2 Å². The Labute approximate surface area is 134 Å². The molecular formula is C17H18N4S. The number of aliphatic imine (C=N–C) groups is 1. The van der Waals surface area contributed by atoms with Crippen molar-refractivity contribution in [2.75, 3.05) is 0 Å². The van der Waals surface area contributed by atoms with Gasteiger partial charge in [-0.3, -0.25) is 4.68 Å². The van der Waals surface area contributed by atoms with Gasteiger partial charge in [0.2, 0.25) is 0 Å². The molecule has 0 aliphatic carbocycles. The minimum atomic E-state index is 0.791. The van der Waals surface area contributed by atoms with Crippen LogP contribution in [0.15, 0.2) is 71.8 Å². The Bertz CT molecular complexity index is 728. The summed E-state index contributed by atoms with van der Waals surface area (Å²) in [4.78, 5) is 4.50. The first-order chi connectivity index (χ1) is 10.7. The van der Waals surface area contributed by atoms with Gasteiger partial charge in [0.1, 0.15) is 0 Å². The number of nitrogens with one attached hydrogen (secondary N) is 1. The molecule has 3 rings (SSSR count). The average molecular weight is 310 g/mol. The van der Waals surface area contributed by atoms with Crippen LogP contribution >= 0.6 is 11.8 Å². The minimum absolute atomic E-state index is 0.791. The molecular weight excluding hydrogens is 292 g/mol. The molecule has 0 saturated heterocycles. The third-order valence-corrected chi connectivity index (χ3v) is 4.31. The maximum absolute atomic E-state index is 4.50. The largest absolute Gasteiger partial charge is 0.335 e. The highest BCUT2D eigenvalue weighted by molar-refractivity contribution is 8.13. The predicted octanol–water partition coefficient (Wildman–Crippen LogP) is 3.25. The monoisotopic (exact) mass is 310 g/mol. The second-order valence-corrected chi connectivity index (χ2v) is 6.13. The van der Waals surface area contributed by atoms with E-state index in [1.807, 2.05) is 31.7 Å². The molecule has 0 saturated carbocycles. The average Bonchev–Trinajstić information content (AvgIpc) is 2.94. The highest BCUT2D eigenvalue weighted by Crippen LogP contribution is 2.20. The van der Waals surface area contributed by atoms with E-state index in [1.54, 1.807) is 16.4 Å². The van der Waals surface area contributed by atoms with Crippen molar-refractivity contribution in [3.8, 4) is 0 Å². The predicted molar refractivity (Wildman–Crippen MR) is 92.4 cm³/mol. The number of allylic oxidation sites excluding steroid dienone is 1. The Kier molecular flexibility index (Phi) is 4.44. The molecule has 112 valence electrons. The SMILES string of the molecule is C=C1NC(SCc2ccccc2)=NC=C1Cc1cnn(C)c1. The normalized spacial score (nSPS) is 14.3. The Hall–Kier alpha value is -2.27. The zero-order valence-electron chi connectivity index (χ0n) is 12.5. The van der Waals surface area contributed by atoms with Crippen LogP contribution in [0.3, 0.4) is 0 Å². The fourth-order valence-corrected chi connectivity index (χ4v) is 3.01. The van der Waals surface area contributed by atoms with Crippen LogP contribution in [0.1, 0.15) is 11.1 Å². The summed E-state index contributed by atoms with van der Waals surface area (Å²) >= 11 is 1.68. The summed E-state index contributed by atoms with van der Waals surface area (Å²) in [6.07, 6.45) is 6.58. The summed E-state index contributed by atoms with van der Waals surface area (Å²) in [6, 6.07) is 10.4. The number of benzene rings is 1. The first-order valence-corrected chi connectivity index (χ1v) is 8.06. The molecule has 5 heteroatoms. The third kappa shape index (κ3) is 3.68. The Morgan fingerprint density at radius 1 is 1.23 bits per heavy atom. The molecule has 1 aromatic carbocycles. The Morgan fingerprint density at radius 2 is 2.05 bits per heavy atom. The van der Waals surface area contributed by atoms with Crippen LogP contribution in [0.2, 0.25) is 0 Å². The highest BCUT2D eigenvalue weighted by atomic mass is 32.2. The number of rotatable bonds is 4. The van der Waals surface area contributed by atoms with E-state index in [-0.39, 0.29) is 0 Å². The molecule has 0 fully saturated rings. The summed E-state index contributed by atoms with van der Waals surface area (Å²) in [6.45, 7) is 4.10. The molecule has 1 aliphatic heterocycles. The maximum Gasteiger partial charge on any atom is 0.165 e. The van der Waals surface area contributed by atoms with Gasteiger partial charge in [0, 0.05) is 37.3 Å². The fraction of sp³-hybridized carbons (Fsp3) is 0.176. The fourth-order valence-electron chi connectivity index (χ4n) is 2.19. The van der Waals surface area contributed by atoms with Crippen LogP contribution in [-0.4, -0.2) is 14.9 Å². The van der Waals surface area contributed by atoms with Gasteiger partial charge in [-0.1, -0.05) is 48.7 Å². The van der Waals surface area contributed by atoms with Crippen molar-refractivity contribution in [2.24, 2.45) is 12.0 Å². The molecule has 4 nitrogen and oxygen atoms in total. The lowest BCUT2D eigenvalue weighted by molar-refractivity contribution is 0.767. The molecule has 0 spiro atoms. The van der Waals surface area contributed by atoms with Crippen LogP contribution in [0, 0.1) is 0 Å². The van der Waals surface area contributed by atoms with Crippen LogP contribution < -0.4 is 5.32 Å². The number of amidine groups is 1. The lowest BCUT2D eigenvalue weighted by atomic mass is 10.1. The van der Waals surface area contributed by atoms with E-state index < -0.39 is 0 Å². The zero-order valence-corrected chi connectivity index (χ0v) is 13.3. The smallest absolute Gasteiger partial charge is 0.165 e. The van der Waals surface area contributed by atoms with Gasteiger partial charge in [0.15, 0.2) is 5.17 Å². The van der Waals surface area contributed by atoms with E-state index in [9.17, 15) is 0 Å². The minimum Gasteiger partial charge on any atom is -0.335 e. The molecule has 0 amide bonds. The standard InChI is InChI=1S/C17H18N4S/c1-13-16(8-15-9-19-21(2)11-15)10-18-17(20-13)22-12-14-6-4-3-5-7-14/h3-7,9-11H,1,8,12H2,2H3,(H,18,20). The molecule has 2 aromatic rings. The number of hydrogen-bond donors (Lipinski definition) is 1. The maximum atomic E-state index is 4.50. The summed E-state index contributed by atoms with van der Waals surface area (Å²) < 4.78 is 1.80. The summed E-state index contributed by atoms with van der Waals surface area (Å²) in [5.74, 6) is 0.895. The molecule has 0 bridgehead atoms. The Morgan fingerprint density at radius 3 is 2.73 bits per heavy atom. The second-order valence-electron chi connectivity index (χ2n) is 5.17. The molecule has 1 N–H and O–H groups in total. The van der Waals surface area contributed by atoms with Crippen LogP contribution in [-0.2, 0) is 19.2 Å². The Balaban J connectivity index is 1.62. The number of thioether (sulfide) groups is 1. The van der Waals surface area contributed by atoms with Crippen molar-refractivity contribution < 1.29 is 0 Å². The van der Waals surface area contributed by atoms with E-state index in [0.717, 1.165) is 34.2 Å². The van der Waals surface area contributed by atoms with Crippen molar-refractivity contribution in [1.29, 1.82) is 0 Å². The quantitative estimate of drug-likeness (QED) is 0.942. The van der Waals surface area contributed by atoms with Crippen LogP contribution in [0.25, 0.3) is 0 Å². The zero-order chi connectivity index (χ0) is 15.4. The van der Waals surface area contributed by atoms with Crippen LogP contribution in [0.5, 0.6) is 0 Å². The highest BCUT2D eigenvalue weighted by Gasteiger charge is 2.13. The van der Waals surface area contributed by atoms with Crippen molar-refractivity contribution in [3.05, 3.63) is 77.9 Å². The number of nitrogens with zero attached hydrogens (tertiary/aromatic N) is 3. The van der Waals surface area contributed by atoms with Gasteiger partial charge in [0.25, 0.3) is 0 Å². The lowest BCUT2D eigenvalue weighted by Crippen LogP contribution is -2.24. The van der Waals surface area contributed by atoms with Crippen molar-refractivity contribution in [3.63, 3.8) is 0 Å². The van der Waals surface area contributed by atoms with Gasteiger partial charge >= 0.3 is 0 Å². The third-order valence-electron chi connectivity index (χ3n) is 3.35. The summed E-state index contributed by atoms with van der Waals surface area (Å²) in [5.41, 5.74) is 4.45. The second kappa shape index (κ2) is 6.66. The molecule has 22 heavy (non-hydrogen) atoms. The number of hydrogen-bond acceptors (Lipinski definition) is 4. The summed E-state index contributed by atoms with van der Waals surface area (Å²) in [5, 5.41) is 8.36. The van der Waals surface area contributed by atoms with Crippen molar-refractivity contribution >= 4 is 16.9 Å².